The fourth-order valence-corrected chi connectivity index (χ4v) is 4.07. The molecule has 4 rings (SSSR count). The lowest BCUT2D eigenvalue weighted by atomic mass is 10.2. The molecule has 0 unspecified atom stereocenters. The van der Waals surface area contributed by atoms with Gasteiger partial charge in [0.25, 0.3) is 0 Å². The Morgan fingerprint density at radius 2 is 2.00 bits per heavy atom. The molecule has 3 N–H and O–H groups in total. The van der Waals surface area contributed by atoms with Crippen LogP contribution in [0.25, 0.3) is 0 Å². The number of nitrogens with zero attached hydrogens (tertiary/aromatic N) is 4. The lowest BCUT2D eigenvalue weighted by Crippen LogP contribution is -2.30. The van der Waals surface area contributed by atoms with Crippen molar-refractivity contribution in [1.29, 1.82) is 0 Å². The summed E-state index contributed by atoms with van der Waals surface area (Å²) < 4.78 is 13.6. The van der Waals surface area contributed by atoms with E-state index in [1.807, 2.05) is 49.1 Å². The van der Waals surface area contributed by atoms with Crippen molar-refractivity contribution in [2.24, 2.45) is 0 Å². The molecule has 8 nitrogen and oxygen atoms in total. The molecule has 0 radical (unpaired) electrons. The minimum atomic E-state index is -0.117. The molecule has 3 heterocycles. The summed E-state index contributed by atoms with van der Waals surface area (Å²) >= 11 is 1.41. The van der Waals surface area contributed by atoms with E-state index >= 15 is 0 Å². The second-order valence-electron chi connectivity index (χ2n) is 7.52. The van der Waals surface area contributed by atoms with Gasteiger partial charge in [-0.1, -0.05) is 0 Å². The Hall–Kier alpha value is -3.40. The summed E-state index contributed by atoms with van der Waals surface area (Å²) in [5, 5.41) is 13.7. The molecule has 2 aromatic heterocycles. The van der Waals surface area contributed by atoms with E-state index in [0.717, 1.165) is 27.7 Å². The topological polar surface area (TPSA) is 98.8 Å². The first kappa shape index (κ1) is 21.8. The predicted octanol–water partition coefficient (Wildman–Crippen LogP) is 4.73. The Kier molecular flexibility index (Phi) is 6.40. The summed E-state index contributed by atoms with van der Waals surface area (Å²) in [5.41, 5.74) is 2.53. The fraction of sp³-hybridized carbons (Fsp3) is 0.273. The quantitative estimate of drug-likeness (QED) is 0.464. The Balaban J connectivity index is 1.65. The minimum Gasteiger partial charge on any atom is -0.352 e. The standard InChI is InChI=1S/C22H24FN7OS/c1-13-12-19(29-28-13)25-20-14(2)21(30-10-8-16(23)9-11-30)27-22(26-20)32-18-6-4-17(5-7-18)24-15(3)31/h4-8,12H,9-11H2,1-3H3,(H,24,31)(H2,25,26,27,28,29). The number of halogens is 1. The number of nitrogens with one attached hydrogen (secondary N) is 3. The first-order valence-electron chi connectivity index (χ1n) is 10.2. The van der Waals surface area contributed by atoms with Crippen molar-refractivity contribution in [3.8, 4) is 0 Å². The third kappa shape index (κ3) is 5.25. The monoisotopic (exact) mass is 453 g/mol. The molecule has 32 heavy (non-hydrogen) atoms. The number of carbonyl (C=O) groups excluding carboxylic acids is 1. The van der Waals surface area contributed by atoms with E-state index in [1.54, 1.807) is 6.08 Å². The molecule has 3 aromatic rings. The van der Waals surface area contributed by atoms with Crippen molar-refractivity contribution in [2.45, 2.75) is 37.2 Å². The number of amides is 1. The summed E-state index contributed by atoms with van der Waals surface area (Å²) in [6.45, 7) is 6.36. The molecule has 0 atom stereocenters. The summed E-state index contributed by atoms with van der Waals surface area (Å²) in [7, 11) is 0. The third-order valence-corrected chi connectivity index (χ3v) is 5.76. The van der Waals surface area contributed by atoms with Gasteiger partial charge in [0.15, 0.2) is 11.0 Å². The van der Waals surface area contributed by atoms with Crippen LogP contribution in [0, 0.1) is 13.8 Å². The van der Waals surface area contributed by atoms with E-state index in [2.05, 4.69) is 20.8 Å². The van der Waals surface area contributed by atoms with Gasteiger partial charge in [-0.25, -0.2) is 14.4 Å². The summed E-state index contributed by atoms with van der Waals surface area (Å²) in [5.74, 6) is 1.86. The normalized spacial score (nSPS) is 13.6. The van der Waals surface area contributed by atoms with Gasteiger partial charge in [-0.15, -0.1) is 0 Å². The number of H-pyrrole nitrogens is 1. The summed E-state index contributed by atoms with van der Waals surface area (Å²) in [4.78, 5) is 23.7. The highest BCUT2D eigenvalue weighted by Crippen LogP contribution is 2.33. The molecular weight excluding hydrogens is 429 g/mol. The molecule has 1 aromatic carbocycles. The number of carbonyl (C=O) groups is 1. The summed E-state index contributed by atoms with van der Waals surface area (Å²) in [6, 6.07) is 9.38. The molecule has 0 fully saturated rings. The van der Waals surface area contributed by atoms with Crippen LogP contribution in [-0.4, -0.2) is 39.2 Å². The Morgan fingerprint density at radius 1 is 1.22 bits per heavy atom. The van der Waals surface area contributed by atoms with E-state index in [4.69, 9.17) is 9.97 Å². The first-order chi connectivity index (χ1) is 15.4. The van der Waals surface area contributed by atoms with Gasteiger partial charge in [0, 0.05) is 54.3 Å². The van der Waals surface area contributed by atoms with Crippen LogP contribution in [0.5, 0.6) is 0 Å². The fourth-order valence-electron chi connectivity index (χ4n) is 3.32. The van der Waals surface area contributed by atoms with Crippen LogP contribution < -0.4 is 15.5 Å². The lowest BCUT2D eigenvalue weighted by molar-refractivity contribution is -0.114. The number of aromatic nitrogens is 4. The average molecular weight is 454 g/mol. The zero-order chi connectivity index (χ0) is 22.7. The zero-order valence-corrected chi connectivity index (χ0v) is 18.9. The van der Waals surface area contributed by atoms with Gasteiger partial charge in [-0.2, -0.15) is 5.10 Å². The highest BCUT2D eigenvalue weighted by Gasteiger charge is 2.20. The SMILES string of the molecule is CC(=O)Nc1ccc(Sc2nc(Nc3cc(C)[nH]n3)c(C)c(N3CC=C(F)CC3)n2)cc1. The van der Waals surface area contributed by atoms with E-state index < -0.39 is 0 Å². The van der Waals surface area contributed by atoms with Crippen molar-refractivity contribution >= 4 is 40.8 Å². The van der Waals surface area contributed by atoms with Crippen LogP contribution >= 0.6 is 11.8 Å². The van der Waals surface area contributed by atoms with Gasteiger partial charge in [0.1, 0.15) is 11.6 Å². The van der Waals surface area contributed by atoms with Gasteiger partial charge < -0.3 is 15.5 Å². The van der Waals surface area contributed by atoms with Crippen molar-refractivity contribution in [1.82, 2.24) is 20.2 Å². The Morgan fingerprint density at radius 3 is 2.62 bits per heavy atom. The molecule has 1 aliphatic heterocycles. The molecule has 0 saturated heterocycles. The number of aryl methyl sites for hydroxylation is 1. The van der Waals surface area contributed by atoms with Crippen LogP contribution in [0.2, 0.25) is 0 Å². The number of anilines is 4. The molecule has 0 spiro atoms. The van der Waals surface area contributed by atoms with Crippen molar-refractivity contribution in [3.63, 3.8) is 0 Å². The molecule has 166 valence electrons. The minimum absolute atomic E-state index is 0.0906. The van der Waals surface area contributed by atoms with Gasteiger partial charge >= 0.3 is 0 Å². The van der Waals surface area contributed by atoms with E-state index in [0.29, 0.717) is 36.3 Å². The van der Waals surface area contributed by atoms with Gasteiger partial charge in [0.2, 0.25) is 5.91 Å². The van der Waals surface area contributed by atoms with E-state index in [1.165, 1.54) is 18.7 Å². The van der Waals surface area contributed by atoms with Crippen LogP contribution in [0.4, 0.5) is 27.5 Å². The molecule has 0 saturated carbocycles. The summed E-state index contributed by atoms with van der Waals surface area (Å²) in [6.07, 6.45) is 1.95. The highest BCUT2D eigenvalue weighted by molar-refractivity contribution is 7.99. The van der Waals surface area contributed by atoms with Crippen LogP contribution in [0.1, 0.15) is 24.6 Å². The first-order valence-corrected chi connectivity index (χ1v) is 11.0. The van der Waals surface area contributed by atoms with Gasteiger partial charge in [-0.05, 0) is 56.0 Å². The van der Waals surface area contributed by atoms with Crippen LogP contribution in [-0.2, 0) is 4.79 Å². The van der Waals surface area contributed by atoms with Crippen molar-refractivity contribution in [2.75, 3.05) is 28.6 Å². The average Bonchev–Trinajstić information content (AvgIpc) is 3.16. The predicted molar refractivity (Wildman–Crippen MR) is 124 cm³/mol. The van der Waals surface area contributed by atoms with Crippen LogP contribution in [0.3, 0.4) is 0 Å². The van der Waals surface area contributed by atoms with E-state index in [-0.39, 0.29) is 11.7 Å². The maximum absolute atomic E-state index is 13.6. The molecular formula is C22H24FN7OS. The van der Waals surface area contributed by atoms with Crippen molar-refractivity contribution < 1.29 is 9.18 Å². The number of hydrogen-bond acceptors (Lipinski definition) is 7. The highest BCUT2D eigenvalue weighted by atomic mass is 32.2. The lowest BCUT2D eigenvalue weighted by Gasteiger charge is -2.27. The van der Waals surface area contributed by atoms with Gasteiger partial charge in [0.05, 0.1) is 5.83 Å². The molecule has 0 bridgehead atoms. The van der Waals surface area contributed by atoms with Crippen molar-refractivity contribution in [3.05, 3.63) is 53.5 Å². The largest absolute Gasteiger partial charge is 0.352 e. The number of benzene rings is 1. The Bertz CT molecular complexity index is 1160. The maximum Gasteiger partial charge on any atom is 0.221 e. The number of hydrogen-bond donors (Lipinski definition) is 3. The van der Waals surface area contributed by atoms with E-state index in [9.17, 15) is 9.18 Å². The third-order valence-electron chi connectivity index (χ3n) is 4.89. The van der Waals surface area contributed by atoms with Gasteiger partial charge in [-0.3, -0.25) is 9.89 Å². The molecule has 1 aliphatic rings. The maximum atomic E-state index is 13.6. The number of aromatic amines is 1. The smallest absolute Gasteiger partial charge is 0.221 e. The number of rotatable bonds is 6. The molecule has 0 aliphatic carbocycles. The Labute approximate surface area is 189 Å². The van der Waals surface area contributed by atoms with Crippen LogP contribution in [0.15, 0.2) is 52.3 Å². The zero-order valence-electron chi connectivity index (χ0n) is 18.1. The second kappa shape index (κ2) is 9.39. The molecule has 1 amide bonds. The molecule has 10 heteroatoms. The second-order valence-corrected chi connectivity index (χ2v) is 8.56.